The molecular weight excluding hydrogens is 392 g/mol. The number of benzene rings is 2. The van der Waals surface area contributed by atoms with E-state index in [0.717, 1.165) is 4.90 Å². The maximum atomic E-state index is 13.5. The first-order valence-electron chi connectivity index (χ1n) is 11.4. The Labute approximate surface area is 179 Å². The van der Waals surface area contributed by atoms with Crippen LogP contribution in [0, 0.1) is 0 Å². The Morgan fingerprint density at radius 3 is 2.67 bits per heavy atom. The molecule has 1 aliphatic rings. The van der Waals surface area contributed by atoms with E-state index >= 15 is 0 Å². The summed E-state index contributed by atoms with van der Waals surface area (Å²) in [6, 6.07) is 5.27. The van der Waals surface area contributed by atoms with Crippen molar-refractivity contribution in [3.63, 3.8) is 0 Å². The van der Waals surface area contributed by atoms with Crippen LogP contribution in [0.5, 0.6) is 11.5 Å². The first kappa shape index (κ1) is 14.4. The maximum absolute atomic E-state index is 13.5. The number of fused-ring (bicyclic) bond motifs is 1. The standard InChI is InChI=1S/C22H19F2N3O3/c1-22(23,24)30-17-6-3-15(4-7-17)16-5-8-19-18(13-16)21(28)27(11-12-29-19)14-20-25-9-2-10-26-20/h2-10,13H,11-12,14H2,1H3/i5D,8D,13D,14D2. The molecule has 2 aromatic carbocycles. The van der Waals surface area contributed by atoms with Crippen LogP contribution >= 0.6 is 0 Å². The molecule has 0 fully saturated rings. The number of hydrogen-bond acceptors (Lipinski definition) is 5. The molecule has 0 radical (unpaired) electrons. The molecule has 0 saturated carbocycles. The summed E-state index contributed by atoms with van der Waals surface area (Å²) in [7, 11) is 0. The number of carbonyl (C=O) groups excluding carboxylic acids is 1. The van der Waals surface area contributed by atoms with Gasteiger partial charge in [0, 0.05) is 19.3 Å². The molecule has 6 nitrogen and oxygen atoms in total. The van der Waals surface area contributed by atoms with Crippen molar-refractivity contribution in [2.45, 2.75) is 19.5 Å². The van der Waals surface area contributed by atoms with Crippen molar-refractivity contribution in [2.24, 2.45) is 0 Å². The Hall–Kier alpha value is -3.55. The van der Waals surface area contributed by atoms with Gasteiger partial charge in [0.15, 0.2) is 0 Å². The van der Waals surface area contributed by atoms with E-state index in [1.54, 1.807) is 0 Å². The lowest BCUT2D eigenvalue weighted by atomic mass is 10.0. The van der Waals surface area contributed by atoms with Crippen LogP contribution in [0.4, 0.5) is 8.78 Å². The average molecular weight is 416 g/mol. The van der Waals surface area contributed by atoms with Crippen molar-refractivity contribution in [3.8, 4) is 22.6 Å². The number of amides is 1. The highest BCUT2D eigenvalue weighted by Crippen LogP contribution is 2.31. The Morgan fingerprint density at radius 1 is 1.23 bits per heavy atom. The van der Waals surface area contributed by atoms with Crippen molar-refractivity contribution >= 4 is 5.91 Å². The lowest BCUT2D eigenvalue weighted by Gasteiger charge is -2.19. The molecule has 30 heavy (non-hydrogen) atoms. The Bertz CT molecular complexity index is 1270. The lowest BCUT2D eigenvalue weighted by molar-refractivity contribution is -0.158. The van der Waals surface area contributed by atoms with Gasteiger partial charge in [-0.1, -0.05) is 18.2 Å². The third kappa shape index (κ3) is 4.53. The topological polar surface area (TPSA) is 64.6 Å². The zero-order valence-corrected chi connectivity index (χ0v) is 15.8. The molecule has 1 aliphatic heterocycles. The summed E-state index contributed by atoms with van der Waals surface area (Å²) in [5.41, 5.74) is -0.293. The van der Waals surface area contributed by atoms with E-state index in [4.69, 9.17) is 11.6 Å². The van der Waals surface area contributed by atoms with Gasteiger partial charge in [0.1, 0.15) is 23.9 Å². The molecule has 0 atom stereocenters. The largest absolute Gasteiger partial charge is 0.491 e. The minimum atomic E-state index is -3.41. The second kappa shape index (κ2) is 8.06. The van der Waals surface area contributed by atoms with E-state index in [1.165, 1.54) is 42.7 Å². The lowest BCUT2D eigenvalue weighted by Crippen LogP contribution is -2.32. The van der Waals surface area contributed by atoms with Crippen LogP contribution in [0.15, 0.2) is 60.9 Å². The summed E-state index contributed by atoms with van der Waals surface area (Å²) < 4.78 is 78.7. The zero-order valence-electron chi connectivity index (χ0n) is 20.8. The second-order valence-electron chi connectivity index (χ2n) is 6.38. The number of aromatic nitrogens is 2. The number of carbonyl (C=O) groups is 1. The van der Waals surface area contributed by atoms with Gasteiger partial charge >= 0.3 is 6.11 Å². The summed E-state index contributed by atoms with van der Waals surface area (Å²) >= 11 is 0. The Kier molecular flexibility index (Phi) is 3.88. The number of halogens is 2. The zero-order chi connectivity index (χ0) is 25.5. The van der Waals surface area contributed by atoms with Crippen molar-refractivity contribution in [1.82, 2.24) is 14.9 Å². The van der Waals surface area contributed by atoms with Gasteiger partial charge in [-0.2, -0.15) is 8.78 Å². The monoisotopic (exact) mass is 416 g/mol. The minimum absolute atomic E-state index is 0.112. The van der Waals surface area contributed by atoms with Crippen LogP contribution in [0.25, 0.3) is 11.1 Å². The van der Waals surface area contributed by atoms with E-state index in [-0.39, 0.29) is 41.6 Å². The number of alkyl halides is 2. The predicted octanol–water partition coefficient (Wildman–Crippen LogP) is 4.17. The molecule has 0 spiro atoms. The number of rotatable bonds is 5. The van der Waals surface area contributed by atoms with Gasteiger partial charge < -0.3 is 14.4 Å². The van der Waals surface area contributed by atoms with E-state index in [1.807, 2.05) is 0 Å². The predicted molar refractivity (Wildman–Crippen MR) is 105 cm³/mol. The van der Waals surface area contributed by atoms with Crippen molar-refractivity contribution in [2.75, 3.05) is 13.2 Å². The van der Waals surface area contributed by atoms with Gasteiger partial charge in [0.05, 0.1) is 25.5 Å². The van der Waals surface area contributed by atoms with Crippen LogP contribution in [-0.2, 0) is 6.50 Å². The summed E-state index contributed by atoms with van der Waals surface area (Å²) in [6.45, 7) is -2.29. The normalized spacial score (nSPS) is 16.8. The molecule has 0 aliphatic carbocycles. The molecule has 1 amide bonds. The quantitative estimate of drug-likeness (QED) is 0.625. The van der Waals surface area contributed by atoms with Gasteiger partial charge in [-0.25, -0.2) is 9.97 Å². The Morgan fingerprint density at radius 2 is 1.97 bits per heavy atom. The SMILES string of the molecule is [2H]c1c([2H])c(-c2ccc(OC(C)(F)F)cc2)c([2H])c2c1OCCN(C([2H])([2H])c1ncccn1)C2=O. The Balaban J connectivity index is 1.82. The van der Waals surface area contributed by atoms with Crippen molar-refractivity contribution in [3.05, 3.63) is 72.2 Å². The van der Waals surface area contributed by atoms with Crippen molar-refractivity contribution < 1.29 is 29.9 Å². The third-order valence-electron chi connectivity index (χ3n) is 4.04. The molecule has 0 N–H and O–H groups in total. The third-order valence-corrected chi connectivity index (χ3v) is 4.04. The highest BCUT2D eigenvalue weighted by Gasteiger charge is 2.25. The fourth-order valence-electron chi connectivity index (χ4n) is 2.75. The second-order valence-corrected chi connectivity index (χ2v) is 6.38. The molecule has 3 aromatic rings. The fourth-order valence-corrected chi connectivity index (χ4v) is 2.75. The highest BCUT2D eigenvalue weighted by molar-refractivity contribution is 5.98. The van der Waals surface area contributed by atoms with Gasteiger partial charge in [-0.15, -0.1) is 0 Å². The van der Waals surface area contributed by atoms with Gasteiger partial charge in [0.2, 0.25) is 0 Å². The molecule has 4 rings (SSSR count). The van der Waals surface area contributed by atoms with Crippen LogP contribution in [-0.4, -0.2) is 40.0 Å². The first-order chi connectivity index (χ1) is 16.4. The molecule has 0 bridgehead atoms. The fraction of sp³-hybridized carbons (Fsp3) is 0.227. The van der Waals surface area contributed by atoms with Gasteiger partial charge in [-0.05, 0) is 41.4 Å². The van der Waals surface area contributed by atoms with Crippen LogP contribution in [0.1, 0.15) is 30.0 Å². The maximum Gasteiger partial charge on any atom is 0.394 e. The van der Waals surface area contributed by atoms with E-state index in [9.17, 15) is 13.6 Å². The molecule has 2 heterocycles. The molecule has 154 valence electrons. The first-order valence-corrected chi connectivity index (χ1v) is 8.95. The number of ether oxygens (including phenoxy) is 2. The van der Waals surface area contributed by atoms with E-state index in [2.05, 4.69) is 14.7 Å². The van der Waals surface area contributed by atoms with Crippen LogP contribution < -0.4 is 9.47 Å². The van der Waals surface area contributed by atoms with Crippen molar-refractivity contribution in [1.29, 1.82) is 0 Å². The molecule has 8 heteroatoms. The summed E-state index contributed by atoms with van der Waals surface area (Å²) in [5, 5.41) is 0. The molecule has 1 aromatic heterocycles. The molecule has 0 unspecified atom stereocenters. The summed E-state index contributed by atoms with van der Waals surface area (Å²) in [6.07, 6.45) is -0.746. The number of hydrogen-bond donors (Lipinski definition) is 0. The minimum Gasteiger partial charge on any atom is -0.491 e. The van der Waals surface area contributed by atoms with Gasteiger partial charge in [0.25, 0.3) is 5.91 Å². The highest BCUT2D eigenvalue weighted by atomic mass is 19.3. The van der Waals surface area contributed by atoms with Crippen LogP contribution in [0.3, 0.4) is 0 Å². The average Bonchev–Trinajstić information content (AvgIpc) is 2.98. The van der Waals surface area contributed by atoms with E-state index < -0.39 is 42.2 Å². The summed E-state index contributed by atoms with van der Waals surface area (Å²) in [4.78, 5) is 22.1. The van der Waals surface area contributed by atoms with E-state index in [0.29, 0.717) is 6.92 Å². The smallest absolute Gasteiger partial charge is 0.394 e. The van der Waals surface area contributed by atoms with Gasteiger partial charge in [-0.3, -0.25) is 4.79 Å². The van der Waals surface area contributed by atoms with Crippen LogP contribution in [0.2, 0.25) is 0 Å². The number of nitrogens with zero attached hydrogens (tertiary/aromatic N) is 3. The molecular formula is C22H19F2N3O3. The molecule has 0 saturated heterocycles. The summed E-state index contributed by atoms with van der Waals surface area (Å²) in [5.74, 6) is -1.65.